The maximum absolute atomic E-state index is 12.7. The number of rotatable bonds is 9. The monoisotopic (exact) mass is 503 g/mol. The molecular formula is C34H37N3O. The highest BCUT2D eigenvalue weighted by Crippen LogP contribution is 2.50. The number of hydrogen-bond acceptors (Lipinski definition) is 2. The summed E-state index contributed by atoms with van der Waals surface area (Å²) in [6, 6.07) is 32.1. The number of carbonyl (C=O) groups is 1. The third-order valence-electron chi connectivity index (χ3n) is 8.63. The Bertz CT molecular complexity index is 1230. The van der Waals surface area contributed by atoms with E-state index >= 15 is 0 Å². The number of nitrogens with one attached hydrogen (secondary N) is 1. The van der Waals surface area contributed by atoms with Crippen molar-refractivity contribution in [3.8, 4) is 0 Å². The van der Waals surface area contributed by atoms with Gasteiger partial charge in [-0.25, -0.2) is 4.98 Å². The van der Waals surface area contributed by atoms with E-state index in [1.807, 2.05) is 6.33 Å². The minimum absolute atomic E-state index is 0.203. The van der Waals surface area contributed by atoms with E-state index in [-0.39, 0.29) is 5.91 Å². The van der Waals surface area contributed by atoms with Crippen LogP contribution in [0.2, 0.25) is 0 Å². The van der Waals surface area contributed by atoms with Crippen LogP contribution in [-0.2, 0) is 10.3 Å². The molecule has 1 amide bonds. The fourth-order valence-corrected chi connectivity index (χ4v) is 6.49. The Balaban J connectivity index is 1.26. The molecule has 0 radical (unpaired) electrons. The van der Waals surface area contributed by atoms with Gasteiger partial charge in [-0.2, -0.15) is 0 Å². The van der Waals surface area contributed by atoms with Gasteiger partial charge in [-0.15, -0.1) is 0 Å². The van der Waals surface area contributed by atoms with E-state index in [0.29, 0.717) is 24.2 Å². The first kappa shape index (κ1) is 24.7. The zero-order valence-corrected chi connectivity index (χ0v) is 22.0. The van der Waals surface area contributed by atoms with Crippen molar-refractivity contribution >= 4 is 5.91 Å². The van der Waals surface area contributed by atoms with Crippen LogP contribution in [0.15, 0.2) is 104 Å². The average molecular weight is 504 g/mol. The molecule has 2 aliphatic carbocycles. The summed E-state index contributed by atoms with van der Waals surface area (Å²) in [6.07, 6.45) is 12.3. The largest absolute Gasteiger partial charge is 0.356 e. The molecule has 0 aliphatic heterocycles. The second-order valence-corrected chi connectivity index (χ2v) is 11.1. The maximum Gasteiger partial charge on any atom is 0.220 e. The lowest BCUT2D eigenvalue weighted by molar-refractivity contribution is -0.121. The number of benzene rings is 3. The fourth-order valence-electron chi connectivity index (χ4n) is 6.49. The molecule has 4 heteroatoms. The summed E-state index contributed by atoms with van der Waals surface area (Å²) in [5.41, 5.74) is 4.11. The number of amides is 1. The van der Waals surface area contributed by atoms with E-state index in [1.165, 1.54) is 48.8 Å². The third-order valence-corrected chi connectivity index (χ3v) is 8.63. The first-order chi connectivity index (χ1) is 18.7. The fraction of sp³-hybridized carbons (Fsp3) is 0.353. The number of hydrogen-bond donors (Lipinski definition) is 1. The van der Waals surface area contributed by atoms with Crippen LogP contribution in [0.3, 0.4) is 0 Å². The molecule has 1 N–H and O–H groups in total. The Kier molecular flexibility index (Phi) is 7.13. The summed E-state index contributed by atoms with van der Waals surface area (Å²) in [5.74, 6) is 1.59. The molecule has 0 saturated heterocycles. The van der Waals surface area contributed by atoms with Gasteiger partial charge in [0, 0.05) is 25.1 Å². The lowest BCUT2D eigenvalue weighted by Gasteiger charge is -2.37. The molecule has 2 saturated carbocycles. The third kappa shape index (κ3) is 4.92. The van der Waals surface area contributed by atoms with Crippen molar-refractivity contribution in [3.63, 3.8) is 0 Å². The van der Waals surface area contributed by atoms with Crippen LogP contribution in [-0.4, -0.2) is 22.0 Å². The predicted molar refractivity (Wildman–Crippen MR) is 152 cm³/mol. The molecule has 4 aromatic rings. The summed E-state index contributed by atoms with van der Waals surface area (Å²) in [6.45, 7) is 0.846. The van der Waals surface area contributed by atoms with E-state index in [9.17, 15) is 4.79 Å². The van der Waals surface area contributed by atoms with Crippen molar-refractivity contribution < 1.29 is 4.79 Å². The van der Waals surface area contributed by atoms with Crippen LogP contribution >= 0.6 is 0 Å². The summed E-state index contributed by atoms with van der Waals surface area (Å²) in [7, 11) is 0. The molecule has 6 rings (SSSR count). The van der Waals surface area contributed by atoms with Gasteiger partial charge < -0.3 is 9.88 Å². The van der Waals surface area contributed by atoms with Crippen molar-refractivity contribution in [2.24, 2.45) is 11.8 Å². The predicted octanol–water partition coefficient (Wildman–Crippen LogP) is 6.91. The molecule has 2 atom stereocenters. The first-order valence-corrected chi connectivity index (χ1v) is 14.2. The normalized spacial score (nSPS) is 19.7. The topological polar surface area (TPSA) is 46.9 Å². The molecule has 38 heavy (non-hydrogen) atoms. The van der Waals surface area contributed by atoms with Gasteiger partial charge in [-0.3, -0.25) is 4.79 Å². The van der Waals surface area contributed by atoms with Crippen LogP contribution in [0.5, 0.6) is 0 Å². The minimum atomic E-state index is -0.545. The van der Waals surface area contributed by atoms with Gasteiger partial charge in [0.2, 0.25) is 5.91 Å². The highest BCUT2D eigenvalue weighted by atomic mass is 16.1. The molecule has 2 aliphatic rings. The standard InChI is InChI=1S/C34H37N3O/c38-33(35-23-26-13-5-1-6-14-26)22-27-21-31(27)32-24-37(25-36-32)34(28-15-7-2-8-16-28,29-17-9-3-10-18-29)30-19-11-4-12-20-30/h2-4,7-12,15-20,24-27,31H,1,5-6,13-14,21-23H2,(H,35,38)/t27-,31+/m1/s1. The molecule has 1 heterocycles. The Labute approximate surface area is 226 Å². The summed E-state index contributed by atoms with van der Waals surface area (Å²) < 4.78 is 2.28. The molecule has 0 unspecified atom stereocenters. The van der Waals surface area contributed by atoms with Crippen molar-refractivity contribution in [3.05, 3.63) is 126 Å². The Morgan fingerprint density at radius 1 is 0.816 bits per heavy atom. The number of nitrogens with zero attached hydrogens (tertiary/aromatic N) is 2. The van der Waals surface area contributed by atoms with E-state index in [2.05, 4.69) is 107 Å². The van der Waals surface area contributed by atoms with Gasteiger partial charge in [-0.1, -0.05) is 110 Å². The second kappa shape index (κ2) is 11.0. The van der Waals surface area contributed by atoms with Gasteiger partial charge in [0.05, 0.1) is 12.0 Å². The van der Waals surface area contributed by atoms with E-state index in [0.717, 1.165) is 18.7 Å². The van der Waals surface area contributed by atoms with Crippen molar-refractivity contribution in [1.29, 1.82) is 0 Å². The van der Waals surface area contributed by atoms with Crippen molar-refractivity contribution in [1.82, 2.24) is 14.9 Å². The SMILES string of the molecule is O=C(C[C@H]1C[C@@H]1c1cn(C(c2ccccc2)(c2ccccc2)c2ccccc2)cn1)NCC1CCCCC1. The maximum atomic E-state index is 12.7. The summed E-state index contributed by atoms with van der Waals surface area (Å²) in [5, 5.41) is 3.23. The molecule has 1 aromatic heterocycles. The van der Waals surface area contributed by atoms with Crippen LogP contribution in [0.4, 0.5) is 0 Å². The first-order valence-electron chi connectivity index (χ1n) is 14.2. The van der Waals surface area contributed by atoms with Crippen LogP contribution in [0.1, 0.15) is 73.2 Å². The van der Waals surface area contributed by atoms with Crippen molar-refractivity contribution in [2.75, 3.05) is 6.54 Å². The molecule has 0 spiro atoms. The van der Waals surface area contributed by atoms with E-state index in [1.54, 1.807) is 0 Å². The Morgan fingerprint density at radius 2 is 1.37 bits per heavy atom. The Morgan fingerprint density at radius 3 is 1.92 bits per heavy atom. The zero-order chi connectivity index (χ0) is 25.8. The highest BCUT2D eigenvalue weighted by Gasteiger charge is 2.43. The molecule has 194 valence electrons. The highest BCUT2D eigenvalue weighted by molar-refractivity contribution is 5.76. The number of imidazole rings is 1. The molecular weight excluding hydrogens is 466 g/mol. The Hall–Kier alpha value is -3.66. The average Bonchev–Trinajstić information content (AvgIpc) is 3.57. The van der Waals surface area contributed by atoms with Gasteiger partial charge in [-0.05, 0) is 47.8 Å². The number of carbonyl (C=O) groups excluding carboxylic acids is 1. The van der Waals surface area contributed by atoms with Gasteiger partial charge in [0.25, 0.3) is 0 Å². The van der Waals surface area contributed by atoms with Gasteiger partial charge >= 0.3 is 0 Å². The van der Waals surface area contributed by atoms with E-state index in [4.69, 9.17) is 4.98 Å². The van der Waals surface area contributed by atoms with Crippen LogP contribution in [0.25, 0.3) is 0 Å². The van der Waals surface area contributed by atoms with Crippen LogP contribution < -0.4 is 5.32 Å². The van der Waals surface area contributed by atoms with Gasteiger partial charge in [0.1, 0.15) is 5.54 Å². The van der Waals surface area contributed by atoms with Crippen molar-refractivity contribution in [2.45, 2.75) is 56.4 Å². The quantitative estimate of drug-likeness (QED) is 0.252. The number of aromatic nitrogens is 2. The minimum Gasteiger partial charge on any atom is -0.356 e. The summed E-state index contributed by atoms with van der Waals surface area (Å²) in [4.78, 5) is 17.6. The van der Waals surface area contributed by atoms with Gasteiger partial charge in [0.15, 0.2) is 0 Å². The second-order valence-electron chi connectivity index (χ2n) is 11.1. The molecule has 0 bridgehead atoms. The summed E-state index contributed by atoms with van der Waals surface area (Å²) >= 11 is 0. The molecule has 4 nitrogen and oxygen atoms in total. The lowest BCUT2D eigenvalue weighted by atomic mass is 9.77. The molecule has 3 aromatic carbocycles. The zero-order valence-electron chi connectivity index (χ0n) is 22.0. The molecule has 2 fully saturated rings. The smallest absolute Gasteiger partial charge is 0.220 e. The lowest BCUT2D eigenvalue weighted by Crippen LogP contribution is -2.36. The van der Waals surface area contributed by atoms with E-state index < -0.39 is 5.54 Å². The van der Waals surface area contributed by atoms with Crippen LogP contribution in [0, 0.1) is 11.8 Å².